The van der Waals surface area contributed by atoms with Crippen molar-refractivity contribution in [2.45, 2.75) is 5.16 Å². The van der Waals surface area contributed by atoms with Crippen LogP contribution in [-0.2, 0) is 0 Å². The number of nitrogens with zero attached hydrogens (tertiary/aromatic N) is 5. The molecule has 0 radical (unpaired) electrons. The molecule has 3 aromatic rings. The summed E-state index contributed by atoms with van der Waals surface area (Å²) in [5.41, 5.74) is 1.74. The highest BCUT2D eigenvalue weighted by Gasteiger charge is 2.10. The molecule has 0 aliphatic rings. The molecule has 0 amide bonds. The Morgan fingerprint density at radius 2 is 2.22 bits per heavy atom. The quantitative estimate of drug-likeness (QED) is 0.522. The standard InChI is InChI=1S/C11H8FN5S/c1-18-11-13-6-9-10(14-11)17(16-15-9)8-4-2-3-7(12)5-8/h2-6H,1H3. The average molecular weight is 261 g/mol. The summed E-state index contributed by atoms with van der Waals surface area (Å²) in [7, 11) is 0. The zero-order valence-corrected chi connectivity index (χ0v) is 10.2. The van der Waals surface area contributed by atoms with Gasteiger partial charge in [0, 0.05) is 0 Å². The molecule has 0 bridgehead atoms. The minimum Gasteiger partial charge on any atom is -0.229 e. The van der Waals surface area contributed by atoms with E-state index in [2.05, 4.69) is 20.3 Å². The highest BCUT2D eigenvalue weighted by Crippen LogP contribution is 2.17. The van der Waals surface area contributed by atoms with Crippen LogP contribution in [-0.4, -0.2) is 31.2 Å². The number of halogens is 1. The Balaban J connectivity index is 2.22. The van der Waals surface area contributed by atoms with Crippen LogP contribution < -0.4 is 0 Å². The van der Waals surface area contributed by atoms with E-state index in [-0.39, 0.29) is 5.82 Å². The van der Waals surface area contributed by atoms with E-state index in [0.717, 1.165) is 0 Å². The van der Waals surface area contributed by atoms with Gasteiger partial charge in [-0.1, -0.05) is 23.0 Å². The fourth-order valence-electron chi connectivity index (χ4n) is 1.59. The van der Waals surface area contributed by atoms with Crippen molar-refractivity contribution in [1.29, 1.82) is 0 Å². The molecule has 1 aromatic carbocycles. The van der Waals surface area contributed by atoms with Gasteiger partial charge >= 0.3 is 0 Å². The molecule has 0 aliphatic heterocycles. The van der Waals surface area contributed by atoms with E-state index in [4.69, 9.17) is 0 Å². The van der Waals surface area contributed by atoms with Crippen LogP contribution in [0.25, 0.3) is 16.9 Å². The molecule has 90 valence electrons. The Morgan fingerprint density at radius 3 is 3.00 bits per heavy atom. The molecule has 18 heavy (non-hydrogen) atoms. The predicted octanol–water partition coefficient (Wildman–Crippen LogP) is 2.07. The second-order valence-corrected chi connectivity index (χ2v) is 4.32. The Kier molecular flexibility index (Phi) is 2.67. The highest BCUT2D eigenvalue weighted by molar-refractivity contribution is 7.98. The van der Waals surface area contributed by atoms with E-state index >= 15 is 0 Å². The van der Waals surface area contributed by atoms with Crippen LogP contribution in [0.2, 0.25) is 0 Å². The van der Waals surface area contributed by atoms with E-state index < -0.39 is 0 Å². The number of fused-ring (bicyclic) bond motifs is 1. The predicted molar refractivity (Wildman–Crippen MR) is 66.2 cm³/mol. The van der Waals surface area contributed by atoms with Gasteiger partial charge in [0.25, 0.3) is 0 Å². The number of benzene rings is 1. The third kappa shape index (κ3) is 1.82. The maximum absolute atomic E-state index is 13.2. The smallest absolute Gasteiger partial charge is 0.189 e. The Bertz CT molecular complexity index is 711. The van der Waals surface area contributed by atoms with Crippen molar-refractivity contribution < 1.29 is 4.39 Å². The van der Waals surface area contributed by atoms with Crippen LogP contribution in [0.5, 0.6) is 0 Å². The SMILES string of the molecule is CSc1ncc2nnn(-c3cccc(F)c3)c2n1. The van der Waals surface area contributed by atoms with E-state index in [0.29, 0.717) is 22.0 Å². The fourth-order valence-corrected chi connectivity index (χ4v) is 1.93. The fraction of sp³-hybridized carbons (Fsp3) is 0.0909. The lowest BCUT2D eigenvalue weighted by molar-refractivity contribution is 0.625. The molecule has 0 saturated heterocycles. The van der Waals surface area contributed by atoms with Crippen molar-refractivity contribution in [1.82, 2.24) is 25.0 Å². The molecule has 0 spiro atoms. The van der Waals surface area contributed by atoms with Crippen molar-refractivity contribution in [3.63, 3.8) is 0 Å². The lowest BCUT2D eigenvalue weighted by Crippen LogP contribution is -1.99. The van der Waals surface area contributed by atoms with Gasteiger partial charge in [0.05, 0.1) is 11.9 Å². The van der Waals surface area contributed by atoms with Gasteiger partial charge < -0.3 is 0 Å². The van der Waals surface area contributed by atoms with Crippen molar-refractivity contribution in [2.24, 2.45) is 0 Å². The van der Waals surface area contributed by atoms with Crippen molar-refractivity contribution >= 4 is 22.9 Å². The van der Waals surface area contributed by atoms with Gasteiger partial charge in [-0.15, -0.1) is 5.10 Å². The van der Waals surface area contributed by atoms with Crippen molar-refractivity contribution in [2.75, 3.05) is 6.26 Å². The Morgan fingerprint density at radius 1 is 1.33 bits per heavy atom. The summed E-state index contributed by atoms with van der Waals surface area (Å²) >= 11 is 1.43. The number of hydrogen-bond donors (Lipinski definition) is 0. The summed E-state index contributed by atoms with van der Waals surface area (Å²) in [6.45, 7) is 0. The molecule has 0 aliphatic carbocycles. The molecule has 5 nitrogen and oxygen atoms in total. The molecule has 3 rings (SSSR count). The summed E-state index contributed by atoms with van der Waals surface area (Å²) in [6, 6.07) is 6.13. The van der Waals surface area contributed by atoms with Crippen LogP contribution in [0.15, 0.2) is 35.6 Å². The van der Waals surface area contributed by atoms with Gasteiger partial charge in [-0.25, -0.2) is 14.4 Å². The molecule has 7 heteroatoms. The summed E-state index contributed by atoms with van der Waals surface area (Å²) in [5.74, 6) is -0.324. The summed E-state index contributed by atoms with van der Waals surface area (Å²) in [5, 5.41) is 8.55. The maximum Gasteiger partial charge on any atom is 0.189 e. The number of hydrogen-bond acceptors (Lipinski definition) is 5. The molecular formula is C11H8FN5S. The first-order chi connectivity index (χ1) is 8.78. The first-order valence-corrected chi connectivity index (χ1v) is 6.39. The largest absolute Gasteiger partial charge is 0.229 e. The van der Waals surface area contributed by atoms with Crippen molar-refractivity contribution in [3.8, 4) is 5.69 Å². The van der Waals surface area contributed by atoms with Crippen LogP contribution in [0.4, 0.5) is 4.39 Å². The van der Waals surface area contributed by atoms with E-state index in [1.165, 1.54) is 28.6 Å². The maximum atomic E-state index is 13.2. The lowest BCUT2D eigenvalue weighted by Gasteiger charge is -2.01. The summed E-state index contributed by atoms with van der Waals surface area (Å²) in [4.78, 5) is 8.44. The second-order valence-electron chi connectivity index (χ2n) is 3.55. The number of thioether (sulfide) groups is 1. The third-order valence-corrected chi connectivity index (χ3v) is 2.97. The molecule has 0 N–H and O–H groups in total. The van der Waals surface area contributed by atoms with Crippen LogP contribution in [0, 0.1) is 5.82 Å². The van der Waals surface area contributed by atoms with Gasteiger partial charge in [-0.3, -0.25) is 0 Å². The molecule has 0 unspecified atom stereocenters. The minimum absolute atomic E-state index is 0.324. The summed E-state index contributed by atoms with van der Waals surface area (Å²) < 4.78 is 14.7. The Hall–Kier alpha value is -2.02. The molecule has 0 saturated carbocycles. The second kappa shape index (κ2) is 4.34. The van der Waals surface area contributed by atoms with Crippen molar-refractivity contribution in [3.05, 3.63) is 36.3 Å². The zero-order chi connectivity index (χ0) is 12.5. The molecule has 0 fully saturated rings. The number of rotatable bonds is 2. The van der Waals surface area contributed by atoms with Gasteiger partial charge in [0.1, 0.15) is 5.82 Å². The highest BCUT2D eigenvalue weighted by atomic mass is 32.2. The van der Waals surface area contributed by atoms with Gasteiger partial charge in [-0.2, -0.15) is 4.68 Å². The zero-order valence-electron chi connectivity index (χ0n) is 9.41. The van der Waals surface area contributed by atoms with Gasteiger partial charge in [-0.05, 0) is 24.5 Å². The van der Waals surface area contributed by atoms with E-state index in [1.807, 2.05) is 6.26 Å². The molecule has 0 atom stereocenters. The third-order valence-electron chi connectivity index (χ3n) is 2.41. The van der Waals surface area contributed by atoms with Crippen LogP contribution >= 0.6 is 11.8 Å². The average Bonchev–Trinajstić information content (AvgIpc) is 2.81. The molecular weight excluding hydrogens is 253 g/mol. The summed E-state index contributed by atoms with van der Waals surface area (Å²) in [6.07, 6.45) is 3.49. The first kappa shape index (κ1) is 11.1. The normalized spacial score (nSPS) is 11.0. The van der Waals surface area contributed by atoms with Gasteiger partial charge in [0.2, 0.25) is 0 Å². The topological polar surface area (TPSA) is 56.5 Å². The molecule has 2 heterocycles. The van der Waals surface area contributed by atoms with Gasteiger partial charge in [0.15, 0.2) is 16.3 Å². The lowest BCUT2D eigenvalue weighted by atomic mass is 10.3. The number of aromatic nitrogens is 5. The Labute approximate surface area is 106 Å². The van der Waals surface area contributed by atoms with E-state index in [9.17, 15) is 4.39 Å². The van der Waals surface area contributed by atoms with E-state index in [1.54, 1.807) is 18.3 Å². The van der Waals surface area contributed by atoms with Crippen LogP contribution in [0.3, 0.4) is 0 Å². The minimum atomic E-state index is -0.324. The van der Waals surface area contributed by atoms with Crippen LogP contribution in [0.1, 0.15) is 0 Å². The first-order valence-electron chi connectivity index (χ1n) is 5.16. The molecule has 2 aromatic heterocycles. The monoisotopic (exact) mass is 261 g/mol.